The summed E-state index contributed by atoms with van der Waals surface area (Å²) in [6.07, 6.45) is 6.42. The summed E-state index contributed by atoms with van der Waals surface area (Å²) in [5, 5.41) is 9.00. The molecule has 3 N–H and O–H groups in total. The second-order valence-corrected chi connectivity index (χ2v) is 10.2. The fourth-order valence-corrected chi connectivity index (χ4v) is 5.60. The molecule has 0 spiro atoms. The van der Waals surface area contributed by atoms with Gasteiger partial charge in [0.25, 0.3) is 5.91 Å². The van der Waals surface area contributed by atoms with Crippen molar-refractivity contribution in [1.29, 1.82) is 0 Å². The second kappa shape index (κ2) is 10.4. The normalized spacial score (nSPS) is 14.0. The van der Waals surface area contributed by atoms with Crippen molar-refractivity contribution in [2.24, 2.45) is 0 Å². The van der Waals surface area contributed by atoms with Gasteiger partial charge in [-0.15, -0.1) is 0 Å². The van der Waals surface area contributed by atoms with Crippen LogP contribution in [-0.4, -0.2) is 16.9 Å². The Morgan fingerprint density at radius 1 is 0.882 bits per heavy atom. The molecule has 1 heterocycles. The number of aromatic nitrogens is 1. The lowest BCUT2D eigenvalue weighted by atomic mass is 9.84. The summed E-state index contributed by atoms with van der Waals surface area (Å²) in [5.41, 5.74) is 6.65. The highest BCUT2D eigenvalue weighted by Gasteiger charge is 2.19. The zero-order valence-corrected chi connectivity index (χ0v) is 21.1. The van der Waals surface area contributed by atoms with E-state index in [0.717, 1.165) is 28.1 Å². The van der Waals surface area contributed by atoms with Crippen LogP contribution in [0.3, 0.4) is 0 Å². The molecule has 1 aromatic heterocycles. The van der Waals surface area contributed by atoms with Gasteiger partial charge in [0, 0.05) is 11.4 Å². The van der Waals surface area contributed by atoms with E-state index in [1.807, 2.05) is 45.0 Å². The van der Waals surface area contributed by atoms with Crippen LogP contribution >= 0.6 is 11.3 Å². The smallest absolute Gasteiger partial charge is 0.321 e. The highest BCUT2D eigenvalue weighted by molar-refractivity contribution is 7.17. The summed E-state index contributed by atoms with van der Waals surface area (Å²) in [7, 11) is 0. The van der Waals surface area contributed by atoms with E-state index < -0.39 is 0 Å². The Morgan fingerprint density at radius 2 is 1.53 bits per heavy atom. The molecule has 0 bridgehead atoms. The minimum Gasteiger partial charge on any atom is -0.321 e. The number of nitrogens with zero attached hydrogens (tertiary/aromatic N) is 1. The summed E-state index contributed by atoms with van der Waals surface area (Å²) in [6, 6.07) is 11.8. The summed E-state index contributed by atoms with van der Waals surface area (Å²) in [4.78, 5) is 30.3. The van der Waals surface area contributed by atoms with Crippen molar-refractivity contribution in [3.05, 3.63) is 69.2 Å². The van der Waals surface area contributed by atoms with Gasteiger partial charge in [0.2, 0.25) is 0 Å². The van der Waals surface area contributed by atoms with Gasteiger partial charge in [0.05, 0.1) is 5.69 Å². The Labute approximate surface area is 205 Å². The van der Waals surface area contributed by atoms with Crippen LogP contribution in [0.5, 0.6) is 0 Å². The summed E-state index contributed by atoms with van der Waals surface area (Å²) in [6.45, 7) is 7.77. The van der Waals surface area contributed by atoms with Gasteiger partial charge in [-0.3, -0.25) is 10.1 Å². The molecule has 0 radical (unpaired) electrons. The number of anilines is 3. The van der Waals surface area contributed by atoms with Crippen molar-refractivity contribution in [3.63, 3.8) is 0 Å². The number of urea groups is 1. The average molecular weight is 477 g/mol. The Bertz CT molecular complexity index is 1170. The number of nitrogens with one attached hydrogen (secondary N) is 3. The zero-order valence-electron chi connectivity index (χ0n) is 20.2. The first-order chi connectivity index (χ1) is 16.3. The van der Waals surface area contributed by atoms with Crippen molar-refractivity contribution in [2.45, 2.75) is 65.7 Å². The van der Waals surface area contributed by atoms with Crippen LogP contribution in [0.25, 0.3) is 0 Å². The first-order valence-electron chi connectivity index (χ1n) is 11.8. The number of thiazole rings is 1. The van der Waals surface area contributed by atoms with Crippen LogP contribution in [0.2, 0.25) is 0 Å². The third-order valence-corrected chi connectivity index (χ3v) is 7.46. The first kappa shape index (κ1) is 24.0. The third kappa shape index (κ3) is 5.65. The average Bonchev–Trinajstić information content (AvgIpc) is 3.17. The maximum atomic E-state index is 12.9. The summed E-state index contributed by atoms with van der Waals surface area (Å²) < 4.78 is 0. The number of amides is 3. The lowest BCUT2D eigenvalue weighted by Gasteiger charge is -2.22. The van der Waals surface area contributed by atoms with E-state index in [4.69, 9.17) is 0 Å². The van der Waals surface area contributed by atoms with Crippen LogP contribution in [-0.2, 0) is 0 Å². The molecule has 0 atom stereocenters. The molecule has 3 amide bonds. The SMILES string of the molecule is Cc1cc(C)c(NC(=O)c2sc(NC(=O)Nc3ccc(C4CCCCC4)cc3)nc2C)c(C)c1. The molecule has 1 saturated carbocycles. The molecule has 7 heteroatoms. The van der Waals surface area contributed by atoms with Crippen LogP contribution in [0.4, 0.5) is 21.3 Å². The van der Waals surface area contributed by atoms with Gasteiger partial charge in [-0.25, -0.2) is 9.78 Å². The molecule has 3 aromatic rings. The van der Waals surface area contributed by atoms with Gasteiger partial charge in [-0.2, -0.15) is 0 Å². The monoisotopic (exact) mass is 476 g/mol. The number of benzene rings is 2. The number of hydrogen-bond donors (Lipinski definition) is 3. The standard InChI is InChI=1S/C27H32N4O2S/c1-16-14-17(2)23(18(3)15-16)30-25(32)24-19(4)28-27(34-24)31-26(33)29-22-12-10-21(11-13-22)20-8-6-5-7-9-20/h10-15,20H,5-9H2,1-4H3,(H,30,32)(H2,28,29,31,33). The Kier molecular flexibility index (Phi) is 7.32. The maximum Gasteiger partial charge on any atom is 0.325 e. The van der Waals surface area contributed by atoms with Crippen LogP contribution in [0.15, 0.2) is 36.4 Å². The van der Waals surface area contributed by atoms with Crippen molar-refractivity contribution in [3.8, 4) is 0 Å². The number of carbonyl (C=O) groups is 2. The second-order valence-electron chi connectivity index (χ2n) is 9.20. The number of rotatable bonds is 5. The molecule has 0 unspecified atom stereocenters. The van der Waals surface area contributed by atoms with E-state index in [0.29, 0.717) is 21.6 Å². The minimum absolute atomic E-state index is 0.225. The molecular formula is C27H32N4O2S. The fraction of sp³-hybridized carbons (Fsp3) is 0.370. The largest absolute Gasteiger partial charge is 0.325 e. The molecule has 1 aliphatic carbocycles. The third-order valence-electron chi connectivity index (χ3n) is 6.38. The fourth-order valence-electron chi connectivity index (χ4n) is 4.74. The molecule has 34 heavy (non-hydrogen) atoms. The summed E-state index contributed by atoms with van der Waals surface area (Å²) in [5.74, 6) is 0.406. The number of carbonyl (C=O) groups excluding carboxylic acids is 2. The molecule has 0 aliphatic heterocycles. The van der Waals surface area contributed by atoms with Crippen LogP contribution in [0.1, 0.15) is 75.6 Å². The van der Waals surface area contributed by atoms with Gasteiger partial charge in [0.1, 0.15) is 4.88 Å². The Hall–Kier alpha value is -3.19. The van der Waals surface area contributed by atoms with E-state index in [1.54, 1.807) is 6.92 Å². The topological polar surface area (TPSA) is 83.1 Å². The molecule has 1 fully saturated rings. The molecule has 4 rings (SSSR count). The van der Waals surface area contributed by atoms with Gasteiger partial charge in [0.15, 0.2) is 5.13 Å². The first-order valence-corrected chi connectivity index (χ1v) is 12.7. The van der Waals surface area contributed by atoms with Crippen molar-refractivity contribution < 1.29 is 9.59 Å². The van der Waals surface area contributed by atoms with E-state index in [2.05, 4.69) is 33.1 Å². The van der Waals surface area contributed by atoms with Crippen LogP contribution < -0.4 is 16.0 Å². The molecule has 1 aliphatic rings. The zero-order chi connectivity index (χ0) is 24.2. The van der Waals surface area contributed by atoms with E-state index in [-0.39, 0.29) is 11.9 Å². The summed E-state index contributed by atoms with van der Waals surface area (Å²) >= 11 is 1.17. The molecule has 0 saturated heterocycles. The molecule has 178 valence electrons. The van der Waals surface area contributed by atoms with Gasteiger partial charge >= 0.3 is 6.03 Å². The quantitative estimate of drug-likeness (QED) is 0.361. The number of hydrogen-bond acceptors (Lipinski definition) is 4. The van der Waals surface area contributed by atoms with Crippen molar-refractivity contribution >= 4 is 39.8 Å². The lowest BCUT2D eigenvalue weighted by molar-refractivity contribution is 0.102. The van der Waals surface area contributed by atoms with Gasteiger partial charge < -0.3 is 10.6 Å². The lowest BCUT2D eigenvalue weighted by Crippen LogP contribution is -2.19. The molecular weight excluding hydrogens is 444 g/mol. The Balaban J connectivity index is 1.37. The van der Waals surface area contributed by atoms with Crippen molar-refractivity contribution in [1.82, 2.24) is 4.98 Å². The van der Waals surface area contributed by atoms with Crippen LogP contribution in [0, 0.1) is 27.7 Å². The number of aryl methyl sites for hydroxylation is 4. The van der Waals surface area contributed by atoms with Crippen molar-refractivity contribution in [2.75, 3.05) is 16.0 Å². The van der Waals surface area contributed by atoms with Gasteiger partial charge in [-0.1, -0.05) is 60.4 Å². The predicted molar refractivity (Wildman–Crippen MR) is 140 cm³/mol. The van der Waals surface area contributed by atoms with E-state index >= 15 is 0 Å². The van der Waals surface area contributed by atoms with Gasteiger partial charge in [-0.05, 0) is 75.3 Å². The van der Waals surface area contributed by atoms with E-state index in [1.165, 1.54) is 49.0 Å². The predicted octanol–water partition coefficient (Wildman–Crippen LogP) is 7.32. The Morgan fingerprint density at radius 3 is 2.18 bits per heavy atom. The molecule has 6 nitrogen and oxygen atoms in total. The maximum absolute atomic E-state index is 12.9. The molecule has 2 aromatic carbocycles. The highest BCUT2D eigenvalue weighted by Crippen LogP contribution is 2.33. The minimum atomic E-state index is -0.378. The highest BCUT2D eigenvalue weighted by atomic mass is 32.1. The van der Waals surface area contributed by atoms with E-state index in [9.17, 15) is 9.59 Å².